The molecular formula is C17H18N4O3S. The molecule has 0 radical (unpaired) electrons. The van der Waals surface area contributed by atoms with Crippen molar-refractivity contribution in [1.29, 1.82) is 0 Å². The normalized spacial score (nSPS) is 13.7. The number of amides is 2. The largest absolute Gasteiger partial charge is 0.497 e. The van der Waals surface area contributed by atoms with Gasteiger partial charge in [-0.1, -0.05) is 0 Å². The molecule has 0 spiro atoms. The minimum absolute atomic E-state index is 0.0599. The van der Waals surface area contributed by atoms with Crippen molar-refractivity contribution >= 4 is 40.2 Å². The molecule has 1 aliphatic rings. The molecule has 0 saturated heterocycles. The van der Waals surface area contributed by atoms with Gasteiger partial charge >= 0.3 is 0 Å². The number of nitrogens with zero attached hydrogens (tertiary/aromatic N) is 3. The molecule has 1 aromatic carbocycles. The third kappa shape index (κ3) is 4.21. The van der Waals surface area contributed by atoms with Crippen LogP contribution in [0.5, 0.6) is 5.75 Å². The van der Waals surface area contributed by atoms with Crippen molar-refractivity contribution in [2.24, 2.45) is 11.0 Å². The van der Waals surface area contributed by atoms with Crippen LogP contribution in [-0.4, -0.2) is 30.1 Å². The van der Waals surface area contributed by atoms with Crippen molar-refractivity contribution in [3.63, 3.8) is 0 Å². The summed E-state index contributed by atoms with van der Waals surface area (Å²) in [6, 6.07) is 7.17. The lowest BCUT2D eigenvalue weighted by Crippen LogP contribution is -2.22. The first kappa shape index (κ1) is 17.1. The zero-order valence-corrected chi connectivity index (χ0v) is 14.7. The Bertz CT molecular complexity index is 796. The highest BCUT2D eigenvalue weighted by Crippen LogP contribution is 2.30. The van der Waals surface area contributed by atoms with Crippen LogP contribution in [0.1, 0.15) is 25.5 Å². The number of carbonyl (C=O) groups excluding carboxylic acids is 2. The number of benzene rings is 1. The van der Waals surface area contributed by atoms with Crippen molar-refractivity contribution in [3.8, 4) is 5.75 Å². The molecule has 1 fully saturated rings. The average molecular weight is 358 g/mol. The van der Waals surface area contributed by atoms with Gasteiger partial charge < -0.3 is 4.74 Å². The molecule has 0 unspecified atom stereocenters. The molecule has 8 heteroatoms. The molecule has 3 rings (SSSR count). The highest BCUT2D eigenvalue weighted by atomic mass is 32.1. The Kier molecular flexibility index (Phi) is 5.08. The molecule has 1 aromatic heterocycles. The summed E-state index contributed by atoms with van der Waals surface area (Å²) in [6.45, 7) is 1.48. The van der Waals surface area contributed by atoms with E-state index in [1.807, 2.05) is 0 Å². The Hall–Kier alpha value is -2.74. The van der Waals surface area contributed by atoms with Crippen LogP contribution in [0.25, 0.3) is 0 Å². The number of rotatable bonds is 6. The Labute approximate surface area is 149 Å². The second kappa shape index (κ2) is 7.43. The van der Waals surface area contributed by atoms with Gasteiger partial charge in [0.25, 0.3) is 0 Å². The molecule has 7 nitrogen and oxygen atoms in total. The van der Waals surface area contributed by atoms with Crippen molar-refractivity contribution in [2.75, 3.05) is 12.0 Å². The lowest BCUT2D eigenvalue weighted by atomic mass is 10.3. The van der Waals surface area contributed by atoms with Gasteiger partial charge in [0.05, 0.1) is 24.7 Å². The van der Waals surface area contributed by atoms with Crippen LogP contribution in [0.3, 0.4) is 0 Å². The standard InChI is InChI=1S/C17H18N4O3S/c1-11(22)21(14-5-7-15(24-2)8-6-14)17-19-13(10-25-17)9-18-20-16(23)12-3-4-12/h5-10,12H,3-4H2,1-2H3,(H,20,23)/b18-9-. The van der Waals surface area contributed by atoms with Gasteiger partial charge in [0.2, 0.25) is 11.8 Å². The fraction of sp³-hybridized carbons (Fsp3) is 0.294. The van der Waals surface area contributed by atoms with Gasteiger partial charge in [0.1, 0.15) is 5.75 Å². The molecule has 1 N–H and O–H groups in total. The van der Waals surface area contributed by atoms with Gasteiger partial charge in [-0.3, -0.25) is 14.5 Å². The first-order valence-corrected chi connectivity index (χ1v) is 8.69. The van der Waals surface area contributed by atoms with Gasteiger partial charge in [-0.05, 0) is 37.1 Å². The Balaban J connectivity index is 1.73. The lowest BCUT2D eigenvalue weighted by Gasteiger charge is -2.18. The SMILES string of the molecule is COc1ccc(N(C(C)=O)c2nc(/C=N\NC(=O)C3CC3)cs2)cc1. The number of hydrogen-bond donors (Lipinski definition) is 1. The summed E-state index contributed by atoms with van der Waals surface area (Å²) in [5, 5.41) is 6.23. The van der Waals surface area contributed by atoms with E-state index in [0.717, 1.165) is 12.8 Å². The summed E-state index contributed by atoms with van der Waals surface area (Å²) >= 11 is 1.33. The third-order valence-corrected chi connectivity index (χ3v) is 4.51. The third-order valence-electron chi connectivity index (χ3n) is 3.67. The Morgan fingerprint density at radius 1 is 1.36 bits per heavy atom. The van der Waals surface area contributed by atoms with E-state index in [1.54, 1.807) is 36.8 Å². The molecule has 2 aromatic rings. The van der Waals surface area contributed by atoms with E-state index in [1.165, 1.54) is 29.4 Å². The van der Waals surface area contributed by atoms with E-state index >= 15 is 0 Å². The highest BCUT2D eigenvalue weighted by molar-refractivity contribution is 7.14. The molecule has 1 heterocycles. The second-order valence-electron chi connectivity index (χ2n) is 5.62. The Morgan fingerprint density at radius 2 is 2.08 bits per heavy atom. The molecule has 130 valence electrons. The molecule has 25 heavy (non-hydrogen) atoms. The van der Waals surface area contributed by atoms with Crippen molar-refractivity contribution in [1.82, 2.24) is 10.4 Å². The van der Waals surface area contributed by atoms with E-state index in [2.05, 4.69) is 15.5 Å². The summed E-state index contributed by atoms with van der Waals surface area (Å²) in [6.07, 6.45) is 3.34. The predicted molar refractivity (Wildman–Crippen MR) is 96.4 cm³/mol. The molecule has 0 aliphatic heterocycles. The van der Waals surface area contributed by atoms with Gasteiger partial charge in [-0.15, -0.1) is 11.3 Å². The number of anilines is 2. The maximum atomic E-state index is 12.1. The summed E-state index contributed by atoms with van der Waals surface area (Å²) in [7, 11) is 1.59. The van der Waals surface area contributed by atoms with Crippen LogP contribution in [0.4, 0.5) is 10.8 Å². The zero-order chi connectivity index (χ0) is 17.8. The van der Waals surface area contributed by atoms with Gasteiger partial charge in [0, 0.05) is 18.2 Å². The van der Waals surface area contributed by atoms with E-state index in [0.29, 0.717) is 22.3 Å². The van der Waals surface area contributed by atoms with Gasteiger partial charge in [-0.2, -0.15) is 5.10 Å². The van der Waals surface area contributed by atoms with E-state index < -0.39 is 0 Å². The topological polar surface area (TPSA) is 83.9 Å². The van der Waals surface area contributed by atoms with Crippen LogP contribution >= 0.6 is 11.3 Å². The van der Waals surface area contributed by atoms with Crippen LogP contribution in [0.15, 0.2) is 34.7 Å². The Morgan fingerprint density at radius 3 is 2.68 bits per heavy atom. The van der Waals surface area contributed by atoms with Gasteiger partial charge in [-0.25, -0.2) is 10.4 Å². The molecule has 0 atom stereocenters. The van der Waals surface area contributed by atoms with E-state index in [9.17, 15) is 9.59 Å². The van der Waals surface area contributed by atoms with Crippen LogP contribution in [-0.2, 0) is 9.59 Å². The monoisotopic (exact) mass is 358 g/mol. The lowest BCUT2D eigenvalue weighted by molar-refractivity contribution is -0.122. The number of hydrogen-bond acceptors (Lipinski definition) is 6. The number of methoxy groups -OCH3 is 1. The number of carbonyl (C=O) groups is 2. The number of aromatic nitrogens is 1. The summed E-state index contributed by atoms with van der Waals surface area (Å²) in [5.41, 5.74) is 3.78. The van der Waals surface area contributed by atoms with E-state index in [4.69, 9.17) is 4.74 Å². The van der Waals surface area contributed by atoms with Crippen molar-refractivity contribution in [2.45, 2.75) is 19.8 Å². The maximum Gasteiger partial charge on any atom is 0.243 e. The van der Waals surface area contributed by atoms with Crippen LogP contribution in [0, 0.1) is 5.92 Å². The smallest absolute Gasteiger partial charge is 0.243 e. The quantitative estimate of drug-likeness (QED) is 0.636. The number of thiazole rings is 1. The van der Waals surface area contributed by atoms with Crippen molar-refractivity contribution < 1.29 is 14.3 Å². The van der Waals surface area contributed by atoms with Crippen LogP contribution < -0.4 is 15.1 Å². The molecule has 0 bridgehead atoms. The summed E-state index contributed by atoms with van der Waals surface area (Å²) in [5.74, 6) is 0.609. The van der Waals surface area contributed by atoms with Crippen molar-refractivity contribution in [3.05, 3.63) is 35.3 Å². The molecule has 1 aliphatic carbocycles. The zero-order valence-electron chi connectivity index (χ0n) is 13.9. The minimum Gasteiger partial charge on any atom is -0.497 e. The molecule has 2 amide bonds. The number of nitrogens with one attached hydrogen (secondary N) is 1. The van der Waals surface area contributed by atoms with Crippen LogP contribution in [0.2, 0.25) is 0 Å². The number of hydrazone groups is 1. The number of ether oxygens (including phenoxy) is 1. The second-order valence-corrected chi connectivity index (χ2v) is 6.45. The fourth-order valence-electron chi connectivity index (χ4n) is 2.20. The highest BCUT2D eigenvalue weighted by Gasteiger charge is 2.29. The maximum absolute atomic E-state index is 12.1. The predicted octanol–water partition coefficient (Wildman–Crippen LogP) is 2.70. The fourth-order valence-corrected chi connectivity index (χ4v) is 3.03. The first-order chi connectivity index (χ1) is 12.1. The van der Waals surface area contributed by atoms with Gasteiger partial charge in [0.15, 0.2) is 5.13 Å². The summed E-state index contributed by atoms with van der Waals surface area (Å²) in [4.78, 5) is 29.5. The minimum atomic E-state index is -0.148. The molecule has 1 saturated carbocycles. The average Bonchev–Trinajstić information content (AvgIpc) is 3.36. The molecular weight excluding hydrogens is 340 g/mol. The summed E-state index contributed by atoms with van der Waals surface area (Å²) < 4.78 is 5.14. The first-order valence-electron chi connectivity index (χ1n) is 7.81. The van der Waals surface area contributed by atoms with E-state index in [-0.39, 0.29) is 17.7 Å².